The zero-order valence-corrected chi connectivity index (χ0v) is 11.7. The van der Waals surface area contributed by atoms with Crippen molar-refractivity contribution in [3.8, 4) is 0 Å². The van der Waals surface area contributed by atoms with Crippen molar-refractivity contribution in [2.45, 2.75) is 13.0 Å². The Kier molecular flexibility index (Phi) is 3.66. The maximum atomic E-state index is 12.4. The topological polar surface area (TPSA) is 77.3 Å². The molecule has 0 radical (unpaired) electrons. The highest BCUT2D eigenvalue weighted by molar-refractivity contribution is 5.81. The first-order valence-electron chi connectivity index (χ1n) is 6.89. The van der Waals surface area contributed by atoms with Gasteiger partial charge in [-0.05, 0) is 19.1 Å². The summed E-state index contributed by atoms with van der Waals surface area (Å²) < 4.78 is 6.38. The second-order valence-electron chi connectivity index (χ2n) is 4.97. The molecule has 1 aromatic heterocycles. The molecule has 21 heavy (non-hydrogen) atoms. The minimum atomic E-state index is -0.673. The molecule has 0 saturated carbocycles. The molecule has 7 nitrogen and oxygen atoms in total. The van der Waals surface area contributed by atoms with Crippen LogP contribution in [0.1, 0.15) is 13.0 Å². The van der Waals surface area contributed by atoms with Crippen molar-refractivity contribution in [2.75, 3.05) is 26.3 Å². The monoisotopic (exact) mass is 288 g/mol. The van der Waals surface area contributed by atoms with Crippen LogP contribution in [0.4, 0.5) is 0 Å². The van der Waals surface area contributed by atoms with Gasteiger partial charge in [0.25, 0.3) is 5.56 Å². The maximum absolute atomic E-state index is 12.4. The Hall–Kier alpha value is -2.28. The molecule has 1 aliphatic rings. The number of amides is 1. The number of hydrogen-bond acceptors (Lipinski definition) is 5. The van der Waals surface area contributed by atoms with Gasteiger partial charge in [0.15, 0.2) is 0 Å². The van der Waals surface area contributed by atoms with Crippen LogP contribution in [-0.2, 0) is 9.53 Å². The fourth-order valence-electron chi connectivity index (χ4n) is 2.41. The Labute approximate surface area is 121 Å². The number of fused-ring (bicyclic) bond motifs is 1. The van der Waals surface area contributed by atoms with E-state index in [0.717, 1.165) is 4.68 Å². The van der Waals surface area contributed by atoms with Crippen LogP contribution in [0.15, 0.2) is 29.1 Å². The summed E-state index contributed by atoms with van der Waals surface area (Å²) in [5.41, 5.74) is 0.236. The molecule has 110 valence electrons. The Morgan fingerprint density at radius 1 is 1.29 bits per heavy atom. The first-order chi connectivity index (χ1) is 10.2. The van der Waals surface area contributed by atoms with E-state index in [1.54, 1.807) is 36.1 Å². The quantitative estimate of drug-likeness (QED) is 0.789. The van der Waals surface area contributed by atoms with Crippen molar-refractivity contribution in [3.05, 3.63) is 34.6 Å². The zero-order chi connectivity index (χ0) is 14.8. The van der Waals surface area contributed by atoms with E-state index in [2.05, 4.69) is 10.3 Å². The summed E-state index contributed by atoms with van der Waals surface area (Å²) in [4.78, 5) is 26.5. The van der Waals surface area contributed by atoms with Crippen molar-refractivity contribution in [3.63, 3.8) is 0 Å². The molecule has 1 amide bonds. The fraction of sp³-hybridized carbons (Fsp3) is 0.429. The number of rotatable bonds is 2. The van der Waals surface area contributed by atoms with Gasteiger partial charge in [-0.1, -0.05) is 17.3 Å². The SMILES string of the molecule is CC(C(=O)N1CCOCC1)n1nnc2ccccc2c1=O. The second kappa shape index (κ2) is 5.61. The first-order valence-corrected chi connectivity index (χ1v) is 6.89. The smallest absolute Gasteiger partial charge is 0.278 e. The lowest BCUT2D eigenvalue weighted by atomic mass is 10.2. The lowest BCUT2D eigenvalue weighted by Crippen LogP contribution is -2.45. The number of nitrogens with zero attached hydrogens (tertiary/aromatic N) is 4. The third-order valence-electron chi connectivity index (χ3n) is 3.64. The predicted molar refractivity (Wildman–Crippen MR) is 75.9 cm³/mol. The van der Waals surface area contributed by atoms with Crippen LogP contribution in [0.3, 0.4) is 0 Å². The molecule has 2 heterocycles. The van der Waals surface area contributed by atoms with Gasteiger partial charge < -0.3 is 9.64 Å². The third-order valence-corrected chi connectivity index (χ3v) is 3.64. The van der Waals surface area contributed by atoms with Gasteiger partial charge >= 0.3 is 0 Å². The van der Waals surface area contributed by atoms with E-state index in [0.29, 0.717) is 37.2 Å². The average Bonchev–Trinajstić information content (AvgIpc) is 2.55. The van der Waals surface area contributed by atoms with Gasteiger partial charge in [0.1, 0.15) is 11.6 Å². The van der Waals surface area contributed by atoms with Crippen LogP contribution in [0.25, 0.3) is 10.9 Å². The average molecular weight is 288 g/mol. The summed E-state index contributed by atoms with van der Waals surface area (Å²) in [6.45, 7) is 3.80. The van der Waals surface area contributed by atoms with Crippen LogP contribution in [0, 0.1) is 0 Å². The second-order valence-corrected chi connectivity index (χ2v) is 4.97. The highest BCUT2D eigenvalue weighted by Gasteiger charge is 2.25. The number of benzene rings is 1. The molecule has 7 heteroatoms. The molecular formula is C14H16N4O3. The van der Waals surface area contributed by atoms with E-state index in [1.165, 1.54) is 0 Å². The minimum absolute atomic E-state index is 0.134. The normalized spacial score (nSPS) is 16.9. The van der Waals surface area contributed by atoms with Crippen molar-refractivity contribution >= 4 is 16.8 Å². The highest BCUT2D eigenvalue weighted by atomic mass is 16.5. The van der Waals surface area contributed by atoms with Crippen LogP contribution < -0.4 is 5.56 Å². The molecule has 1 fully saturated rings. The van der Waals surface area contributed by atoms with Crippen molar-refractivity contribution in [1.82, 2.24) is 19.9 Å². The Bertz CT molecular complexity index is 721. The number of aromatic nitrogens is 3. The van der Waals surface area contributed by atoms with Crippen molar-refractivity contribution in [2.24, 2.45) is 0 Å². The molecule has 1 aromatic carbocycles. The molecule has 1 saturated heterocycles. The van der Waals surface area contributed by atoms with E-state index in [1.807, 2.05) is 0 Å². The molecule has 2 aromatic rings. The summed E-state index contributed by atoms with van der Waals surface area (Å²) in [6, 6.07) is 6.30. The molecule has 0 bridgehead atoms. The number of ether oxygens (including phenoxy) is 1. The molecule has 1 unspecified atom stereocenters. The van der Waals surface area contributed by atoms with Crippen LogP contribution in [0.5, 0.6) is 0 Å². The molecule has 1 atom stereocenters. The van der Waals surface area contributed by atoms with Crippen LogP contribution >= 0.6 is 0 Å². The lowest BCUT2D eigenvalue weighted by molar-refractivity contribution is -0.138. The minimum Gasteiger partial charge on any atom is -0.378 e. The molecule has 3 rings (SSSR count). The Morgan fingerprint density at radius 3 is 2.76 bits per heavy atom. The van der Waals surface area contributed by atoms with Gasteiger partial charge in [-0.25, -0.2) is 0 Å². The Balaban J connectivity index is 1.94. The largest absolute Gasteiger partial charge is 0.378 e. The summed E-state index contributed by atoms with van der Waals surface area (Å²) >= 11 is 0. The number of carbonyl (C=O) groups is 1. The van der Waals surface area contributed by atoms with E-state index in [4.69, 9.17) is 4.74 Å². The summed E-state index contributed by atoms with van der Waals surface area (Å²) in [6.07, 6.45) is 0. The van der Waals surface area contributed by atoms with E-state index in [-0.39, 0.29) is 11.5 Å². The third kappa shape index (κ3) is 2.52. The van der Waals surface area contributed by atoms with Gasteiger partial charge in [-0.2, -0.15) is 4.68 Å². The lowest BCUT2D eigenvalue weighted by Gasteiger charge is -2.29. The first kappa shape index (κ1) is 13.7. The van der Waals surface area contributed by atoms with Gasteiger partial charge in [0, 0.05) is 13.1 Å². The zero-order valence-electron chi connectivity index (χ0n) is 11.7. The summed E-state index contributed by atoms with van der Waals surface area (Å²) in [5, 5.41) is 8.37. The maximum Gasteiger partial charge on any atom is 0.278 e. The van der Waals surface area contributed by atoms with Crippen LogP contribution in [-0.4, -0.2) is 52.1 Å². The number of morpholine rings is 1. The summed E-state index contributed by atoms with van der Waals surface area (Å²) in [7, 11) is 0. The highest BCUT2D eigenvalue weighted by Crippen LogP contribution is 2.10. The van der Waals surface area contributed by atoms with Crippen molar-refractivity contribution < 1.29 is 9.53 Å². The molecule has 0 N–H and O–H groups in total. The summed E-state index contributed by atoms with van der Waals surface area (Å²) in [5.74, 6) is -0.134. The fourth-order valence-corrected chi connectivity index (χ4v) is 2.41. The molecular weight excluding hydrogens is 272 g/mol. The van der Waals surface area contributed by atoms with Crippen molar-refractivity contribution in [1.29, 1.82) is 0 Å². The van der Waals surface area contributed by atoms with Gasteiger partial charge in [0.05, 0.1) is 18.6 Å². The van der Waals surface area contributed by atoms with E-state index in [9.17, 15) is 9.59 Å². The standard InChI is InChI=1S/C14H16N4O3/c1-10(13(19)17-6-8-21-9-7-17)18-14(20)11-4-2-3-5-12(11)15-16-18/h2-5,10H,6-9H2,1H3. The predicted octanol–water partition coefficient (Wildman–Crippen LogP) is 0.211. The van der Waals surface area contributed by atoms with E-state index < -0.39 is 6.04 Å². The van der Waals surface area contributed by atoms with Crippen LogP contribution in [0.2, 0.25) is 0 Å². The van der Waals surface area contributed by atoms with Gasteiger partial charge in [-0.15, -0.1) is 5.10 Å². The molecule has 0 aliphatic carbocycles. The van der Waals surface area contributed by atoms with E-state index >= 15 is 0 Å². The molecule has 1 aliphatic heterocycles. The molecule has 0 spiro atoms. The number of carbonyl (C=O) groups excluding carboxylic acids is 1. The Morgan fingerprint density at radius 2 is 2.00 bits per heavy atom. The van der Waals surface area contributed by atoms with Gasteiger partial charge in [-0.3, -0.25) is 9.59 Å². The van der Waals surface area contributed by atoms with Gasteiger partial charge in [0.2, 0.25) is 5.91 Å². The number of hydrogen-bond donors (Lipinski definition) is 0.